The number of hydrogen-bond donors (Lipinski definition) is 4. The Morgan fingerprint density at radius 3 is 2.19 bits per heavy atom. The van der Waals surface area contributed by atoms with E-state index < -0.39 is 45.8 Å². The van der Waals surface area contributed by atoms with Crippen molar-refractivity contribution in [3.8, 4) is 5.75 Å². The predicted molar refractivity (Wildman–Crippen MR) is 162 cm³/mol. The van der Waals surface area contributed by atoms with Crippen LogP contribution in [0.2, 0.25) is 0 Å². The zero-order valence-electron chi connectivity index (χ0n) is 24.4. The number of halogens is 3. The summed E-state index contributed by atoms with van der Waals surface area (Å²) in [6.07, 6.45) is -3.27. The van der Waals surface area contributed by atoms with E-state index in [1.807, 2.05) is 42.5 Å². The fraction of sp³-hybridized carbons (Fsp3) is 0.226. The number of ether oxygens (including phenoxy) is 1. The Morgan fingerprint density at radius 1 is 0.915 bits per heavy atom. The van der Waals surface area contributed by atoms with Crippen molar-refractivity contribution in [2.75, 3.05) is 18.4 Å². The number of hydroxylamine groups is 1. The number of sulfonamides is 1. The number of fused-ring (bicyclic) bond motifs is 1. The number of hydrogen-bond acceptors (Lipinski definition) is 8. The number of pyridine rings is 1. The highest BCUT2D eigenvalue weighted by Crippen LogP contribution is 2.30. The fourth-order valence-corrected chi connectivity index (χ4v) is 6.32. The summed E-state index contributed by atoms with van der Waals surface area (Å²) < 4.78 is 65.0. The van der Waals surface area contributed by atoms with Gasteiger partial charge in [0.25, 0.3) is 0 Å². The molecule has 47 heavy (non-hydrogen) atoms. The number of anilines is 1. The molecular formula is C31H29F3N4O8S. The van der Waals surface area contributed by atoms with Crippen molar-refractivity contribution in [2.45, 2.75) is 24.1 Å². The predicted octanol–water partition coefficient (Wildman–Crippen LogP) is 4.22. The monoisotopic (exact) mass is 674 g/mol. The molecule has 2 amide bonds. The average Bonchev–Trinajstić information content (AvgIpc) is 3.07. The molecule has 1 aromatic heterocycles. The second-order valence-electron chi connectivity index (χ2n) is 10.3. The number of aliphatic carboxylic acids is 1. The van der Waals surface area contributed by atoms with Crippen LogP contribution in [-0.4, -0.2) is 65.1 Å². The Bertz CT molecular complexity index is 1820. The number of carbonyl (C=O) groups is 3. The SMILES string of the molecule is O=C(NO)[C@H]1CN(S(=O)(=O)c2ccccc2)CC[C@@H]1C(=O)Nc1ccc(COc2ccnc3ccccc23)cc1.O=C(O)C(F)(F)F. The van der Waals surface area contributed by atoms with Gasteiger partial charge in [-0.1, -0.05) is 42.5 Å². The maximum absolute atomic E-state index is 13.2. The van der Waals surface area contributed by atoms with E-state index in [1.54, 1.807) is 42.0 Å². The van der Waals surface area contributed by atoms with Crippen LogP contribution < -0.4 is 15.5 Å². The molecule has 248 valence electrons. The number of amides is 2. The lowest BCUT2D eigenvalue weighted by molar-refractivity contribution is -0.192. The quantitative estimate of drug-likeness (QED) is 0.158. The lowest BCUT2D eigenvalue weighted by atomic mass is 9.85. The van der Waals surface area contributed by atoms with Gasteiger partial charge in [0, 0.05) is 30.4 Å². The van der Waals surface area contributed by atoms with Gasteiger partial charge in [-0.05, 0) is 54.4 Å². The molecule has 12 nitrogen and oxygen atoms in total. The zero-order chi connectivity index (χ0) is 34.2. The molecule has 3 aromatic carbocycles. The average molecular weight is 675 g/mol. The first-order valence-electron chi connectivity index (χ1n) is 14.0. The maximum Gasteiger partial charge on any atom is 0.490 e. The molecule has 0 unspecified atom stereocenters. The van der Waals surface area contributed by atoms with Gasteiger partial charge >= 0.3 is 12.1 Å². The molecule has 2 atom stereocenters. The van der Waals surface area contributed by atoms with E-state index in [4.69, 9.17) is 14.6 Å². The molecule has 0 aliphatic carbocycles. The van der Waals surface area contributed by atoms with E-state index in [2.05, 4.69) is 10.3 Å². The van der Waals surface area contributed by atoms with Gasteiger partial charge in [-0.3, -0.25) is 19.8 Å². The van der Waals surface area contributed by atoms with Crippen molar-refractivity contribution >= 4 is 44.4 Å². The Morgan fingerprint density at radius 2 is 1.55 bits per heavy atom. The molecule has 4 aromatic rings. The third kappa shape index (κ3) is 8.81. The fourth-order valence-electron chi connectivity index (χ4n) is 4.82. The highest BCUT2D eigenvalue weighted by molar-refractivity contribution is 7.89. The molecule has 16 heteroatoms. The molecule has 0 bridgehead atoms. The van der Waals surface area contributed by atoms with Crippen molar-refractivity contribution in [1.82, 2.24) is 14.8 Å². The summed E-state index contributed by atoms with van der Waals surface area (Å²) in [6.45, 7) is 0.140. The molecule has 1 aliphatic heterocycles. The first-order valence-corrected chi connectivity index (χ1v) is 15.4. The Labute approximate surface area is 266 Å². The molecule has 0 spiro atoms. The minimum Gasteiger partial charge on any atom is -0.488 e. The van der Waals surface area contributed by atoms with Gasteiger partial charge in [-0.15, -0.1) is 0 Å². The number of benzene rings is 3. The van der Waals surface area contributed by atoms with E-state index in [9.17, 15) is 36.4 Å². The molecule has 2 heterocycles. The van der Waals surface area contributed by atoms with Crippen LogP contribution in [0.1, 0.15) is 12.0 Å². The minimum atomic E-state index is -5.08. The number of carboxylic acid groups (broad SMARTS) is 1. The van der Waals surface area contributed by atoms with Crippen molar-refractivity contribution in [2.24, 2.45) is 11.8 Å². The van der Waals surface area contributed by atoms with Gasteiger partial charge < -0.3 is 15.2 Å². The van der Waals surface area contributed by atoms with Crippen molar-refractivity contribution in [3.05, 3.63) is 96.7 Å². The molecule has 1 fully saturated rings. The van der Waals surface area contributed by atoms with Crippen LogP contribution in [0.4, 0.5) is 18.9 Å². The van der Waals surface area contributed by atoms with E-state index >= 15 is 0 Å². The van der Waals surface area contributed by atoms with Crippen LogP contribution in [0.3, 0.4) is 0 Å². The Hall–Kier alpha value is -5.06. The summed E-state index contributed by atoms with van der Waals surface area (Å²) in [5.41, 5.74) is 3.83. The van der Waals surface area contributed by atoms with E-state index in [1.165, 1.54) is 16.4 Å². The number of nitrogens with zero attached hydrogens (tertiary/aromatic N) is 2. The summed E-state index contributed by atoms with van der Waals surface area (Å²) in [5.74, 6) is -5.19. The number of rotatable bonds is 8. The number of piperidine rings is 1. The Kier molecular flexibility index (Phi) is 11.1. The van der Waals surface area contributed by atoms with E-state index in [0.717, 1.165) is 22.2 Å². The van der Waals surface area contributed by atoms with Crippen LogP contribution in [0.15, 0.2) is 96.0 Å². The molecule has 1 aliphatic rings. The van der Waals surface area contributed by atoms with Crippen LogP contribution in [0, 0.1) is 11.8 Å². The number of nitrogens with one attached hydrogen (secondary N) is 2. The maximum atomic E-state index is 13.2. The largest absolute Gasteiger partial charge is 0.490 e. The van der Waals surface area contributed by atoms with Crippen molar-refractivity contribution < 1.29 is 51.0 Å². The molecule has 4 N–H and O–H groups in total. The van der Waals surface area contributed by atoms with Gasteiger partial charge in [0.15, 0.2) is 0 Å². The summed E-state index contributed by atoms with van der Waals surface area (Å²) in [6, 6.07) is 24.5. The summed E-state index contributed by atoms with van der Waals surface area (Å²) in [7, 11) is -3.86. The van der Waals surface area contributed by atoms with Crippen LogP contribution in [0.5, 0.6) is 5.75 Å². The summed E-state index contributed by atoms with van der Waals surface area (Å²) in [4.78, 5) is 39.0. The van der Waals surface area contributed by atoms with Crippen LogP contribution in [0.25, 0.3) is 10.9 Å². The first kappa shape index (κ1) is 34.8. The molecule has 5 rings (SSSR count). The van der Waals surface area contributed by atoms with Crippen molar-refractivity contribution in [3.63, 3.8) is 0 Å². The van der Waals surface area contributed by atoms with E-state index in [0.29, 0.717) is 12.3 Å². The van der Waals surface area contributed by atoms with Gasteiger partial charge in [0.1, 0.15) is 12.4 Å². The highest BCUT2D eigenvalue weighted by atomic mass is 32.2. The normalized spacial score (nSPS) is 16.8. The third-order valence-corrected chi connectivity index (χ3v) is 9.09. The molecular weight excluding hydrogens is 645 g/mol. The topological polar surface area (TPSA) is 175 Å². The number of alkyl halides is 3. The smallest absolute Gasteiger partial charge is 0.488 e. The number of carboxylic acids is 1. The lowest BCUT2D eigenvalue weighted by Crippen LogP contribution is -2.51. The standard InChI is InChI=1S/C29H28N4O6S.C2HF3O2/c34-28(23-15-17-33(18-25(23)29(35)32-36)40(37,38)22-6-2-1-3-7-22)31-21-12-10-20(11-13-21)19-39-27-14-16-30-26-9-5-4-8-24(26)27;3-2(4,5)1(6)7/h1-14,16,23,25,36H,15,17-19H2,(H,31,34)(H,32,35);(H,6,7)/t23-,25-;/m0./s1. The van der Waals surface area contributed by atoms with Gasteiger partial charge in [0.2, 0.25) is 21.8 Å². The Balaban J connectivity index is 0.000000644. The van der Waals surface area contributed by atoms with Gasteiger partial charge in [0.05, 0.1) is 22.2 Å². The zero-order valence-corrected chi connectivity index (χ0v) is 25.2. The van der Waals surface area contributed by atoms with E-state index in [-0.39, 0.29) is 24.4 Å². The highest BCUT2D eigenvalue weighted by Gasteiger charge is 2.42. The van der Waals surface area contributed by atoms with Crippen molar-refractivity contribution in [1.29, 1.82) is 0 Å². The number of aromatic nitrogens is 1. The van der Waals surface area contributed by atoms with Crippen LogP contribution in [-0.2, 0) is 31.0 Å². The molecule has 1 saturated heterocycles. The van der Waals surface area contributed by atoms with Gasteiger partial charge in [-0.2, -0.15) is 17.5 Å². The first-order chi connectivity index (χ1) is 22.3. The molecule has 0 saturated carbocycles. The third-order valence-electron chi connectivity index (χ3n) is 7.21. The number of carbonyl (C=O) groups excluding carboxylic acids is 2. The van der Waals surface area contributed by atoms with Gasteiger partial charge in [-0.25, -0.2) is 18.7 Å². The summed E-state index contributed by atoms with van der Waals surface area (Å²) >= 11 is 0. The number of para-hydroxylation sites is 1. The van der Waals surface area contributed by atoms with Crippen LogP contribution >= 0.6 is 0 Å². The summed E-state index contributed by atoms with van der Waals surface area (Å²) in [5, 5.41) is 20.1. The lowest BCUT2D eigenvalue weighted by Gasteiger charge is -2.35. The minimum absolute atomic E-state index is 0.0600. The second-order valence-corrected chi connectivity index (χ2v) is 12.2. The second kappa shape index (κ2) is 15.0. The molecule has 0 radical (unpaired) electrons.